The van der Waals surface area contributed by atoms with Gasteiger partial charge in [0.2, 0.25) is 0 Å². The first-order valence-electron chi connectivity index (χ1n) is 8.43. The molecule has 0 fully saturated rings. The number of hydrogen-bond donors (Lipinski definition) is 1. The monoisotopic (exact) mass is 359 g/mol. The minimum Gasteiger partial charge on any atom is -0.497 e. The Kier molecular flexibility index (Phi) is 4.30. The van der Waals surface area contributed by atoms with E-state index in [1.807, 2.05) is 30.3 Å². The van der Waals surface area contributed by atoms with Crippen molar-refractivity contribution in [3.05, 3.63) is 71.9 Å². The second-order valence-electron chi connectivity index (χ2n) is 6.05. The second kappa shape index (κ2) is 6.92. The van der Waals surface area contributed by atoms with E-state index in [2.05, 4.69) is 15.5 Å². The van der Waals surface area contributed by atoms with Crippen LogP contribution in [0.1, 0.15) is 16.1 Å². The van der Waals surface area contributed by atoms with E-state index in [0.29, 0.717) is 33.7 Å². The van der Waals surface area contributed by atoms with Gasteiger partial charge in [0.25, 0.3) is 11.6 Å². The van der Waals surface area contributed by atoms with Gasteiger partial charge in [0.15, 0.2) is 0 Å². The molecule has 0 saturated carbocycles. The van der Waals surface area contributed by atoms with Crippen LogP contribution in [0.2, 0.25) is 0 Å². The molecule has 0 aliphatic carbocycles. The lowest BCUT2D eigenvalue weighted by atomic mass is 10.0. The van der Waals surface area contributed by atoms with Crippen molar-refractivity contribution >= 4 is 22.7 Å². The first-order chi connectivity index (χ1) is 13.2. The van der Waals surface area contributed by atoms with Crippen LogP contribution in [-0.2, 0) is 0 Å². The fourth-order valence-electron chi connectivity index (χ4n) is 2.90. The van der Waals surface area contributed by atoms with Crippen LogP contribution in [0.15, 0.2) is 65.2 Å². The highest BCUT2D eigenvalue weighted by Crippen LogP contribution is 2.27. The standard InChI is InChI=1S/C21H17N3O3/c1-13-19-17(20(25)22-15-8-10-16(26-2)11-9-15)12-18(23-21(19)27-24-13)14-6-4-3-5-7-14/h3-12H,1-2H3,(H,22,25). The van der Waals surface area contributed by atoms with Crippen LogP contribution in [0.3, 0.4) is 0 Å². The maximum atomic E-state index is 13.0. The molecule has 0 saturated heterocycles. The molecule has 0 bridgehead atoms. The number of amides is 1. The number of nitrogens with one attached hydrogen (secondary N) is 1. The van der Waals surface area contributed by atoms with Crippen molar-refractivity contribution in [3.8, 4) is 17.0 Å². The van der Waals surface area contributed by atoms with Crippen molar-refractivity contribution in [1.82, 2.24) is 10.1 Å². The summed E-state index contributed by atoms with van der Waals surface area (Å²) in [6.07, 6.45) is 0. The predicted molar refractivity (Wildman–Crippen MR) is 103 cm³/mol. The Hall–Kier alpha value is -3.67. The highest BCUT2D eigenvalue weighted by atomic mass is 16.5. The average Bonchev–Trinajstić information content (AvgIpc) is 3.09. The number of hydrogen-bond acceptors (Lipinski definition) is 5. The molecule has 6 nitrogen and oxygen atoms in total. The van der Waals surface area contributed by atoms with Gasteiger partial charge in [-0.25, -0.2) is 4.98 Å². The van der Waals surface area contributed by atoms with E-state index >= 15 is 0 Å². The number of rotatable bonds is 4. The molecule has 0 unspecified atom stereocenters. The van der Waals surface area contributed by atoms with Crippen LogP contribution in [0, 0.1) is 6.92 Å². The Morgan fingerprint density at radius 3 is 2.52 bits per heavy atom. The van der Waals surface area contributed by atoms with Crippen LogP contribution in [0.5, 0.6) is 5.75 Å². The lowest BCUT2D eigenvalue weighted by Crippen LogP contribution is -2.13. The Morgan fingerprint density at radius 2 is 1.81 bits per heavy atom. The number of ether oxygens (including phenoxy) is 1. The molecule has 0 aliphatic heterocycles. The van der Waals surface area contributed by atoms with Gasteiger partial charge in [0.1, 0.15) is 5.75 Å². The molecule has 1 amide bonds. The maximum absolute atomic E-state index is 13.0. The maximum Gasteiger partial charge on any atom is 0.259 e. The summed E-state index contributed by atoms with van der Waals surface area (Å²) in [6.45, 7) is 1.79. The molecule has 2 aromatic carbocycles. The predicted octanol–water partition coefficient (Wildman–Crippen LogP) is 4.46. The minimum atomic E-state index is -0.254. The lowest BCUT2D eigenvalue weighted by molar-refractivity contribution is 0.102. The molecular formula is C21H17N3O3. The Balaban J connectivity index is 1.76. The van der Waals surface area contributed by atoms with Crippen molar-refractivity contribution in [1.29, 1.82) is 0 Å². The SMILES string of the molecule is COc1ccc(NC(=O)c2cc(-c3ccccc3)nc3onc(C)c23)cc1. The molecule has 1 N–H and O–H groups in total. The molecule has 0 radical (unpaired) electrons. The number of carbonyl (C=O) groups excluding carboxylic acids is 1. The van der Waals surface area contributed by atoms with Crippen molar-refractivity contribution < 1.29 is 14.1 Å². The summed E-state index contributed by atoms with van der Waals surface area (Å²) in [5.41, 5.74) is 3.64. The molecule has 0 spiro atoms. The smallest absolute Gasteiger partial charge is 0.259 e. The van der Waals surface area contributed by atoms with E-state index in [4.69, 9.17) is 9.26 Å². The number of benzene rings is 2. The summed E-state index contributed by atoms with van der Waals surface area (Å²) >= 11 is 0. The van der Waals surface area contributed by atoms with Gasteiger partial charge in [0, 0.05) is 11.3 Å². The summed E-state index contributed by atoms with van der Waals surface area (Å²) in [7, 11) is 1.60. The van der Waals surface area contributed by atoms with Gasteiger partial charge in [-0.1, -0.05) is 35.5 Å². The van der Waals surface area contributed by atoms with Crippen molar-refractivity contribution in [2.24, 2.45) is 0 Å². The van der Waals surface area contributed by atoms with Crippen LogP contribution in [0.4, 0.5) is 5.69 Å². The second-order valence-corrected chi connectivity index (χ2v) is 6.05. The summed E-state index contributed by atoms with van der Waals surface area (Å²) < 4.78 is 10.5. The normalized spacial score (nSPS) is 10.7. The van der Waals surface area contributed by atoms with Crippen LogP contribution in [0.25, 0.3) is 22.4 Å². The fourth-order valence-corrected chi connectivity index (χ4v) is 2.90. The van der Waals surface area contributed by atoms with E-state index < -0.39 is 0 Å². The Morgan fingerprint density at radius 1 is 1.07 bits per heavy atom. The van der Waals surface area contributed by atoms with Crippen molar-refractivity contribution in [2.75, 3.05) is 12.4 Å². The summed E-state index contributed by atoms with van der Waals surface area (Å²) in [4.78, 5) is 17.5. The number of methoxy groups -OCH3 is 1. The van der Waals surface area contributed by atoms with Crippen molar-refractivity contribution in [3.63, 3.8) is 0 Å². The van der Waals surface area contributed by atoms with Gasteiger partial charge in [-0.3, -0.25) is 4.79 Å². The Bertz CT molecular complexity index is 1100. The van der Waals surface area contributed by atoms with E-state index in [0.717, 1.165) is 11.3 Å². The number of pyridine rings is 1. The summed E-state index contributed by atoms with van der Waals surface area (Å²) in [5, 5.41) is 7.49. The van der Waals surface area contributed by atoms with Crippen molar-refractivity contribution in [2.45, 2.75) is 6.92 Å². The molecule has 2 aromatic heterocycles. The van der Waals surface area contributed by atoms with Gasteiger partial charge >= 0.3 is 0 Å². The number of aryl methyl sites for hydroxylation is 1. The summed E-state index contributed by atoms with van der Waals surface area (Å²) in [5.74, 6) is 0.469. The van der Waals surface area contributed by atoms with E-state index in [-0.39, 0.29) is 5.91 Å². The zero-order chi connectivity index (χ0) is 18.8. The van der Waals surface area contributed by atoms with Crippen LogP contribution in [-0.4, -0.2) is 23.2 Å². The highest BCUT2D eigenvalue weighted by Gasteiger charge is 2.19. The molecule has 4 aromatic rings. The van der Waals surface area contributed by atoms with E-state index in [1.165, 1.54) is 0 Å². The Labute approximate surface area is 155 Å². The lowest BCUT2D eigenvalue weighted by Gasteiger charge is -2.09. The van der Waals surface area contributed by atoms with E-state index in [1.54, 1.807) is 44.4 Å². The first kappa shape index (κ1) is 16.8. The van der Waals surface area contributed by atoms with Gasteiger partial charge < -0.3 is 14.6 Å². The van der Waals surface area contributed by atoms with Gasteiger partial charge in [-0.05, 0) is 37.3 Å². The van der Waals surface area contributed by atoms with Gasteiger partial charge in [-0.2, -0.15) is 0 Å². The van der Waals surface area contributed by atoms with Gasteiger partial charge in [0.05, 0.1) is 29.4 Å². The number of nitrogens with zero attached hydrogens (tertiary/aromatic N) is 2. The minimum absolute atomic E-state index is 0.254. The van der Waals surface area contributed by atoms with E-state index in [9.17, 15) is 4.79 Å². The zero-order valence-electron chi connectivity index (χ0n) is 14.9. The number of carbonyl (C=O) groups is 1. The molecule has 4 rings (SSSR count). The first-order valence-corrected chi connectivity index (χ1v) is 8.43. The number of aromatic nitrogens is 2. The highest BCUT2D eigenvalue weighted by molar-refractivity contribution is 6.13. The molecule has 134 valence electrons. The van der Waals surface area contributed by atoms with Crippen LogP contribution >= 0.6 is 0 Å². The quantitative estimate of drug-likeness (QED) is 0.582. The number of fused-ring (bicyclic) bond motifs is 1. The molecule has 6 heteroatoms. The van der Waals surface area contributed by atoms with Crippen LogP contribution < -0.4 is 10.1 Å². The average molecular weight is 359 g/mol. The third kappa shape index (κ3) is 3.25. The molecule has 0 atom stereocenters. The van der Waals surface area contributed by atoms with Gasteiger partial charge in [-0.15, -0.1) is 0 Å². The topological polar surface area (TPSA) is 77.2 Å². The third-order valence-corrected chi connectivity index (χ3v) is 4.28. The molecule has 27 heavy (non-hydrogen) atoms. The summed E-state index contributed by atoms with van der Waals surface area (Å²) in [6, 6.07) is 18.6. The largest absolute Gasteiger partial charge is 0.497 e. The number of anilines is 1. The molecule has 0 aliphatic rings. The molecular weight excluding hydrogens is 342 g/mol. The third-order valence-electron chi connectivity index (χ3n) is 4.28. The zero-order valence-corrected chi connectivity index (χ0v) is 14.9. The fraction of sp³-hybridized carbons (Fsp3) is 0.0952. The molecule has 2 heterocycles.